The van der Waals surface area contributed by atoms with Crippen LogP contribution in [-0.2, 0) is 4.79 Å². The molecule has 2 rings (SSSR count). The third kappa shape index (κ3) is 2.11. The summed E-state index contributed by atoms with van der Waals surface area (Å²) in [5.41, 5.74) is 1.34. The summed E-state index contributed by atoms with van der Waals surface area (Å²) in [5.74, 6) is 0.279. The van der Waals surface area contributed by atoms with Crippen LogP contribution in [0.1, 0.15) is 38.8 Å². The number of nitrogens with zero attached hydrogens (tertiary/aromatic N) is 1. The quantitative estimate of drug-likeness (QED) is 0.745. The van der Waals surface area contributed by atoms with Gasteiger partial charge in [0.1, 0.15) is 0 Å². The molecule has 0 radical (unpaired) electrons. The SMILES string of the molecule is CC(c1ccccc1)N1CC(C)(C)CC1=O. The van der Waals surface area contributed by atoms with Crippen molar-refractivity contribution in [2.75, 3.05) is 6.54 Å². The van der Waals surface area contributed by atoms with Gasteiger partial charge in [0, 0.05) is 13.0 Å². The van der Waals surface area contributed by atoms with Crippen molar-refractivity contribution in [1.29, 1.82) is 0 Å². The van der Waals surface area contributed by atoms with Gasteiger partial charge in [-0.25, -0.2) is 0 Å². The Kier molecular flexibility index (Phi) is 2.75. The first-order valence-corrected chi connectivity index (χ1v) is 5.84. The van der Waals surface area contributed by atoms with Gasteiger partial charge in [0.15, 0.2) is 0 Å². The van der Waals surface area contributed by atoms with Crippen LogP contribution in [0.5, 0.6) is 0 Å². The van der Waals surface area contributed by atoms with Crippen LogP contribution in [0.15, 0.2) is 30.3 Å². The molecule has 2 heteroatoms. The third-order valence-corrected chi connectivity index (χ3v) is 3.30. The molecule has 0 saturated carbocycles. The summed E-state index contributed by atoms with van der Waals surface area (Å²) in [5, 5.41) is 0. The van der Waals surface area contributed by atoms with Crippen molar-refractivity contribution >= 4 is 5.91 Å². The Morgan fingerprint density at radius 1 is 1.25 bits per heavy atom. The van der Waals surface area contributed by atoms with Gasteiger partial charge in [-0.3, -0.25) is 4.79 Å². The zero-order valence-electron chi connectivity index (χ0n) is 10.2. The number of carbonyl (C=O) groups is 1. The highest BCUT2D eigenvalue weighted by Gasteiger charge is 2.38. The fourth-order valence-corrected chi connectivity index (χ4v) is 2.38. The summed E-state index contributed by atoms with van der Waals surface area (Å²) < 4.78 is 0. The van der Waals surface area contributed by atoms with Gasteiger partial charge < -0.3 is 4.90 Å². The van der Waals surface area contributed by atoms with Gasteiger partial charge in [0.2, 0.25) is 5.91 Å². The van der Waals surface area contributed by atoms with E-state index in [2.05, 4.69) is 32.9 Å². The highest BCUT2D eigenvalue weighted by atomic mass is 16.2. The van der Waals surface area contributed by atoms with Gasteiger partial charge in [-0.1, -0.05) is 44.2 Å². The minimum Gasteiger partial charge on any atom is -0.335 e. The topological polar surface area (TPSA) is 20.3 Å². The summed E-state index contributed by atoms with van der Waals surface area (Å²) in [6, 6.07) is 10.4. The molecule has 1 aliphatic heterocycles. The Morgan fingerprint density at radius 3 is 2.38 bits per heavy atom. The number of rotatable bonds is 2. The average Bonchev–Trinajstić information content (AvgIpc) is 2.52. The molecule has 1 unspecified atom stereocenters. The van der Waals surface area contributed by atoms with E-state index >= 15 is 0 Å². The summed E-state index contributed by atoms with van der Waals surface area (Å²) in [4.78, 5) is 13.9. The largest absolute Gasteiger partial charge is 0.335 e. The number of amides is 1. The fraction of sp³-hybridized carbons (Fsp3) is 0.500. The van der Waals surface area contributed by atoms with E-state index in [1.54, 1.807) is 0 Å². The van der Waals surface area contributed by atoms with Gasteiger partial charge >= 0.3 is 0 Å². The smallest absolute Gasteiger partial charge is 0.223 e. The first-order valence-electron chi connectivity index (χ1n) is 5.84. The highest BCUT2D eigenvalue weighted by molar-refractivity contribution is 5.79. The summed E-state index contributed by atoms with van der Waals surface area (Å²) in [6.07, 6.45) is 0.671. The first-order chi connectivity index (χ1) is 7.49. The van der Waals surface area contributed by atoms with Gasteiger partial charge in [-0.05, 0) is 17.9 Å². The molecule has 1 aliphatic rings. The molecule has 2 nitrogen and oxygen atoms in total. The number of carbonyl (C=O) groups excluding carboxylic acids is 1. The lowest BCUT2D eigenvalue weighted by Crippen LogP contribution is -2.29. The van der Waals surface area contributed by atoms with Crippen LogP contribution in [0.4, 0.5) is 0 Å². The van der Waals surface area contributed by atoms with Crippen LogP contribution in [-0.4, -0.2) is 17.4 Å². The lowest BCUT2D eigenvalue weighted by atomic mass is 9.93. The summed E-state index contributed by atoms with van der Waals surface area (Å²) in [7, 11) is 0. The molecule has 86 valence electrons. The van der Waals surface area contributed by atoms with Crippen molar-refractivity contribution in [3.05, 3.63) is 35.9 Å². The lowest BCUT2D eigenvalue weighted by molar-refractivity contribution is -0.129. The number of benzene rings is 1. The lowest BCUT2D eigenvalue weighted by Gasteiger charge is -2.26. The van der Waals surface area contributed by atoms with E-state index in [9.17, 15) is 4.79 Å². The maximum Gasteiger partial charge on any atom is 0.223 e. The Bertz CT molecular complexity index is 383. The average molecular weight is 217 g/mol. The Hall–Kier alpha value is -1.31. The van der Waals surface area contributed by atoms with Crippen molar-refractivity contribution in [3.63, 3.8) is 0 Å². The molecule has 0 aromatic heterocycles. The minimum absolute atomic E-state index is 0.125. The molecular weight excluding hydrogens is 198 g/mol. The molecule has 0 spiro atoms. The molecule has 1 atom stereocenters. The van der Waals surface area contributed by atoms with Crippen LogP contribution < -0.4 is 0 Å². The molecule has 16 heavy (non-hydrogen) atoms. The van der Waals surface area contributed by atoms with Crippen molar-refractivity contribution in [2.24, 2.45) is 5.41 Å². The summed E-state index contributed by atoms with van der Waals surface area (Å²) >= 11 is 0. The maximum absolute atomic E-state index is 11.9. The monoisotopic (exact) mass is 217 g/mol. The van der Waals surface area contributed by atoms with Crippen molar-refractivity contribution in [3.8, 4) is 0 Å². The Morgan fingerprint density at radius 2 is 1.88 bits per heavy atom. The van der Waals surface area contributed by atoms with Gasteiger partial charge in [0.05, 0.1) is 6.04 Å². The van der Waals surface area contributed by atoms with Crippen molar-refractivity contribution in [2.45, 2.75) is 33.2 Å². The van der Waals surface area contributed by atoms with Crippen LogP contribution in [0.3, 0.4) is 0 Å². The maximum atomic E-state index is 11.9. The third-order valence-electron chi connectivity index (χ3n) is 3.30. The van der Waals surface area contributed by atoms with E-state index in [1.807, 2.05) is 23.1 Å². The number of hydrogen-bond acceptors (Lipinski definition) is 1. The molecule has 1 aromatic carbocycles. The zero-order chi connectivity index (χ0) is 11.8. The van der Waals surface area contributed by atoms with Crippen LogP contribution in [0.25, 0.3) is 0 Å². The molecule has 1 heterocycles. The van der Waals surface area contributed by atoms with E-state index in [4.69, 9.17) is 0 Å². The molecule has 1 aromatic rings. The van der Waals surface area contributed by atoms with Crippen LogP contribution in [0.2, 0.25) is 0 Å². The van der Waals surface area contributed by atoms with E-state index in [1.165, 1.54) is 5.56 Å². The van der Waals surface area contributed by atoms with Crippen molar-refractivity contribution in [1.82, 2.24) is 4.90 Å². The predicted octanol–water partition coefficient (Wildman–Crippen LogP) is 3.01. The first kappa shape index (κ1) is 11.2. The van der Waals surface area contributed by atoms with Crippen molar-refractivity contribution < 1.29 is 4.79 Å². The molecule has 0 aliphatic carbocycles. The zero-order valence-corrected chi connectivity index (χ0v) is 10.2. The Labute approximate surface area is 97.3 Å². The molecular formula is C14H19NO. The van der Waals surface area contributed by atoms with E-state index < -0.39 is 0 Å². The highest BCUT2D eigenvalue weighted by Crippen LogP contribution is 2.35. The summed E-state index contributed by atoms with van der Waals surface area (Å²) in [6.45, 7) is 7.28. The van der Waals surface area contributed by atoms with Gasteiger partial charge in [-0.15, -0.1) is 0 Å². The fourth-order valence-electron chi connectivity index (χ4n) is 2.38. The molecule has 1 fully saturated rings. The second kappa shape index (κ2) is 3.93. The Balaban J connectivity index is 2.18. The standard InChI is InChI=1S/C14H19NO/c1-11(12-7-5-4-6-8-12)15-10-14(2,3)9-13(15)16/h4-8,11H,9-10H2,1-3H3. The van der Waals surface area contributed by atoms with Crippen LogP contribution in [0, 0.1) is 5.41 Å². The predicted molar refractivity (Wildman–Crippen MR) is 65.0 cm³/mol. The molecule has 0 N–H and O–H groups in total. The van der Waals surface area contributed by atoms with Crippen LogP contribution >= 0.6 is 0 Å². The molecule has 1 amide bonds. The van der Waals surface area contributed by atoms with Gasteiger partial charge in [-0.2, -0.15) is 0 Å². The molecule has 0 bridgehead atoms. The minimum atomic E-state index is 0.125. The second-order valence-corrected chi connectivity index (χ2v) is 5.45. The normalized spacial score (nSPS) is 21.2. The van der Waals surface area contributed by atoms with E-state index in [-0.39, 0.29) is 17.4 Å². The second-order valence-electron chi connectivity index (χ2n) is 5.45. The van der Waals surface area contributed by atoms with Gasteiger partial charge in [0.25, 0.3) is 0 Å². The molecule has 1 saturated heterocycles. The number of hydrogen-bond donors (Lipinski definition) is 0. The van der Waals surface area contributed by atoms with E-state index in [0.29, 0.717) is 6.42 Å². The van der Waals surface area contributed by atoms with E-state index in [0.717, 1.165) is 6.54 Å². The number of likely N-dealkylation sites (tertiary alicyclic amines) is 1.